The quantitative estimate of drug-likeness (QED) is 0.875. The van der Waals surface area contributed by atoms with Gasteiger partial charge in [0, 0.05) is 17.0 Å². The van der Waals surface area contributed by atoms with Gasteiger partial charge in [0.2, 0.25) is 0 Å². The van der Waals surface area contributed by atoms with E-state index in [-0.39, 0.29) is 0 Å². The first-order chi connectivity index (χ1) is 7.72. The van der Waals surface area contributed by atoms with Gasteiger partial charge in [0.1, 0.15) is 5.75 Å². The van der Waals surface area contributed by atoms with Crippen LogP contribution < -0.4 is 10.1 Å². The molecule has 2 nitrogen and oxygen atoms in total. The molecule has 1 aliphatic heterocycles. The molecular weight excluding hydrogens is 222 g/mol. The fourth-order valence-corrected chi connectivity index (χ4v) is 2.60. The van der Waals surface area contributed by atoms with Crippen molar-refractivity contribution in [1.82, 2.24) is 5.32 Å². The number of rotatable bonds is 3. The maximum absolute atomic E-state index is 6.05. The van der Waals surface area contributed by atoms with Crippen molar-refractivity contribution in [2.24, 2.45) is 0 Å². The van der Waals surface area contributed by atoms with E-state index in [1.807, 2.05) is 18.2 Å². The zero-order valence-corrected chi connectivity index (χ0v) is 10.6. The SMILES string of the molecule is COc1ccc(Cl)cc1C(C)C1CCCN1. The zero-order valence-electron chi connectivity index (χ0n) is 9.79. The Kier molecular flexibility index (Phi) is 3.72. The lowest BCUT2D eigenvalue weighted by atomic mass is 9.91. The molecule has 0 spiro atoms. The van der Waals surface area contributed by atoms with Gasteiger partial charge in [-0.3, -0.25) is 0 Å². The van der Waals surface area contributed by atoms with Gasteiger partial charge >= 0.3 is 0 Å². The van der Waals surface area contributed by atoms with Gasteiger partial charge in [0.25, 0.3) is 0 Å². The summed E-state index contributed by atoms with van der Waals surface area (Å²) in [5, 5.41) is 4.31. The molecule has 0 bridgehead atoms. The molecule has 0 aromatic heterocycles. The minimum absolute atomic E-state index is 0.441. The average molecular weight is 240 g/mol. The Labute approximate surface area is 102 Å². The molecule has 88 valence electrons. The maximum atomic E-state index is 6.05. The third kappa shape index (κ3) is 2.33. The van der Waals surface area contributed by atoms with Crippen LogP contribution in [0.1, 0.15) is 31.2 Å². The second-order valence-corrected chi connectivity index (χ2v) is 4.81. The van der Waals surface area contributed by atoms with Crippen LogP contribution in [0.3, 0.4) is 0 Å². The first-order valence-electron chi connectivity index (χ1n) is 5.79. The van der Waals surface area contributed by atoms with E-state index in [1.54, 1.807) is 7.11 Å². The fourth-order valence-electron chi connectivity index (χ4n) is 2.42. The Bertz CT molecular complexity index is 361. The largest absolute Gasteiger partial charge is 0.496 e. The number of halogens is 1. The number of ether oxygens (including phenoxy) is 1. The first-order valence-corrected chi connectivity index (χ1v) is 6.17. The Morgan fingerprint density at radius 1 is 1.50 bits per heavy atom. The summed E-state index contributed by atoms with van der Waals surface area (Å²) in [6, 6.07) is 6.39. The molecule has 2 rings (SSSR count). The van der Waals surface area contributed by atoms with Crippen LogP contribution in [-0.2, 0) is 0 Å². The van der Waals surface area contributed by atoms with Gasteiger partial charge in [-0.2, -0.15) is 0 Å². The highest BCUT2D eigenvalue weighted by Crippen LogP contribution is 2.33. The second-order valence-electron chi connectivity index (χ2n) is 4.38. The molecule has 16 heavy (non-hydrogen) atoms. The zero-order chi connectivity index (χ0) is 11.5. The van der Waals surface area contributed by atoms with Crippen molar-refractivity contribution in [2.45, 2.75) is 31.7 Å². The normalized spacial score (nSPS) is 22.1. The van der Waals surface area contributed by atoms with Crippen molar-refractivity contribution in [3.8, 4) is 5.75 Å². The standard InChI is InChI=1S/C13H18ClNO/c1-9(12-4-3-7-15-12)11-8-10(14)5-6-13(11)16-2/h5-6,8-9,12,15H,3-4,7H2,1-2H3. The lowest BCUT2D eigenvalue weighted by Gasteiger charge is -2.22. The van der Waals surface area contributed by atoms with Crippen LogP contribution in [0.4, 0.5) is 0 Å². The highest BCUT2D eigenvalue weighted by atomic mass is 35.5. The molecule has 2 atom stereocenters. The molecule has 1 aliphatic rings. The molecular formula is C13H18ClNO. The lowest BCUT2D eigenvalue weighted by molar-refractivity contribution is 0.399. The molecule has 0 aliphatic carbocycles. The van der Waals surface area contributed by atoms with Gasteiger partial charge in [-0.25, -0.2) is 0 Å². The highest BCUT2D eigenvalue weighted by Gasteiger charge is 2.24. The molecule has 1 fully saturated rings. The van der Waals surface area contributed by atoms with Crippen LogP contribution in [0.5, 0.6) is 5.75 Å². The molecule has 1 saturated heterocycles. The summed E-state index contributed by atoms with van der Waals surface area (Å²) in [4.78, 5) is 0. The predicted octanol–water partition coefficient (Wildman–Crippen LogP) is 3.20. The van der Waals surface area contributed by atoms with Crippen molar-refractivity contribution in [3.63, 3.8) is 0 Å². The predicted molar refractivity (Wildman–Crippen MR) is 67.4 cm³/mol. The number of benzene rings is 1. The Morgan fingerprint density at radius 3 is 2.94 bits per heavy atom. The van der Waals surface area contributed by atoms with Gasteiger partial charge < -0.3 is 10.1 Å². The van der Waals surface area contributed by atoms with E-state index in [1.165, 1.54) is 18.4 Å². The second kappa shape index (κ2) is 5.07. The number of hydrogen-bond acceptors (Lipinski definition) is 2. The van der Waals surface area contributed by atoms with Gasteiger partial charge in [0.05, 0.1) is 7.11 Å². The summed E-state index contributed by atoms with van der Waals surface area (Å²) in [6.07, 6.45) is 2.49. The molecule has 1 heterocycles. The van der Waals surface area contributed by atoms with Crippen LogP contribution >= 0.6 is 11.6 Å². The first kappa shape index (κ1) is 11.7. The van der Waals surface area contributed by atoms with E-state index in [2.05, 4.69) is 12.2 Å². The van der Waals surface area contributed by atoms with E-state index in [0.29, 0.717) is 12.0 Å². The molecule has 3 heteroatoms. The maximum Gasteiger partial charge on any atom is 0.122 e. The van der Waals surface area contributed by atoms with Crippen molar-refractivity contribution < 1.29 is 4.74 Å². The van der Waals surface area contributed by atoms with Crippen LogP contribution in [0.15, 0.2) is 18.2 Å². The lowest BCUT2D eigenvalue weighted by Crippen LogP contribution is -2.27. The highest BCUT2D eigenvalue weighted by molar-refractivity contribution is 6.30. The Hall–Kier alpha value is -0.730. The van der Waals surface area contributed by atoms with Gasteiger partial charge in [-0.15, -0.1) is 0 Å². The topological polar surface area (TPSA) is 21.3 Å². The third-order valence-corrected chi connectivity index (χ3v) is 3.62. The van der Waals surface area contributed by atoms with Crippen LogP contribution in [0.25, 0.3) is 0 Å². The minimum Gasteiger partial charge on any atom is -0.496 e. The van der Waals surface area contributed by atoms with E-state index >= 15 is 0 Å². The molecule has 0 amide bonds. The van der Waals surface area contributed by atoms with Crippen molar-refractivity contribution >= 4 is 11.6 Å². The van der Waals surface area contributed by atoms with E-state index in [4.69, 9.17) is 16.3 Å². The monoisotopic (exact) mass is 239 g/mol. The molecule has 0 saturated carbocycles. The molecule has 1 aromatic rings. The summed E-state index contributed by atoms with van der Waals surface area (Å²) >= 11 is 6.05. The smallest absolute Gasteiger partial charge is 0.122 e. The fraction of sp³-hybridized carbons (Fsp3) is 0.538. The van der Waals surface area contributed by atoms with Gasteiger partial charge in [-0.05, 0) is 43.1 Å². The number of hydrogen-bond donors (Lipinski definition) is 1. The summed E-state index contributed by atoms with van der Waals surface area (Å²) in [7, 11) is 1.71. The number of methoxy groups -OCH3 is 1. The van der Waals surface area contributed by atoms with Crippen LogP contribution in [0, 0.1) is 0 Å². The van der Waals surface area contributed by atoms with Gasteiger partial charge in [0.15, 0.2) is 0 Å². The minimum atomic E-state index is 0.441. The summed E-state index contributed by atoms with van der Waals surface area (Å²) < 4.78 is 5.39. The Morgan fingerprint density at radius 2 is 2.31 bits per heavy atom. The van der Waals surface area contributed by atoms with E-state index in [0.717, 1.165) is 17.3 Å². The van der Waals surface area contributed by atoms with E-state index in [9.17, 15) is 0 Å². The molecule has 1 aromatic carbocycles. The van der Waals surface area contributed by atoms with Crippen LogP contribution in [-0.4, -0.2) is 19.7 Å². The number of nitrogens with one attached hydrogen (secondary N) is 1. The summed E-state index contributed by atoms with van der Waals surface area (Å²) in [5.41, 5.74) is 1.20. The van der Waals surface area contributed by atoms with Crippen molar-refractivity contribution in [1.29, 1.82) is 0 Å². The third-order valence-electron chi connectivity index (χ3n) is 3.38. The van der Waals surface area contributed by atoms with Crippen LogP contribution in [0.2, 0.25) is 5.02 Å². The molecule has 1 N–H and O–H groups in total. The molecule has 0 radical (unpaired) electrons. The van der Waals surface area contributed by atoms with E-state index < -0.39 is 0 Å². The van der Waals surface area contributed by atoms with Crippen molar-refractivity contribution in [2.75, 3.05) is 13.7 Å². The van der Waals surface area contributed by atoms with Crippen molar-refractivity contribution in [3.05, 3.63) is 28.8 Å². The average Bonchev–Trinajstić information content (AvgIpc) is 2.81. The summed E-state index contributed by atoms with van der Waals surface area (Å²) in [6.45, 7) is 3.36. The van der Waals surface area contributed by atoms with Gasteiger partial charge in [-0.1, -0.05) is 18.5 Å². The Balaban J connectivity index is 2.26. The molecule has 2 unspecified atom stereocenters. The summed E-state index contributed by atoms with van der Waals surface area (Å²) in [5.74, 6) is 1.38.